The van der Waals surface area contributed by atoms with Crippen molar-refractivity contribution in [2.75, 3.05) is 6.61 Å². The Morgan fingerprint density at radius 2 is 2.00 bits per heavy atom. The molecule has 0 fully saturated rings. The number of rotatable bonds is 7. The Morgan fingerprint density at radius 1 is 1.38 bits per heavy atom. The van der Waals surface area contributed by atoms with Gasteiger partial charge < -0.3 is 14.6 Å². The van der Waals surface area contributed by atoms with Crippen LogP contribution in [0.4, 0.5) is 0 Å². The predicted octanol–water partition coefficient (Wildman–Crippen LogP) is 1.72. The average Bonchev–Trinajstić information content (AvgIpc) is 2.17. The van der Waals surface area contributed by atoms with Gasteiger partial charge in [-0.25, -0.2) is 9.59 Å². The van der Waals surface area contributed by atoms with Crippen molar-refractivity contribution in [2.45, 2.75) is 39.9 Å². The standard InChI is InChI=1S/C11H18O5/c1-4-6-7-9(10(12)13)11(14)16-8(3)15-5-2/h7-8H,4-6H2,1-3H3,(H,12,13). The van der Waals surface area contributed by atoms with Gasteiger partial charge in [0, 0.05) is 6.61 Å². The zero-order valence-electron chi connectivity index (χ0n) is 9.86. The quantitative estimate of drug-likeness (QED) is 0.237. The molecular weight excluding hydrogens is 212 g/mol. The Kier molecular flexibility index (Phi) is 7.20. The summed E-state index contributed by atoms with van der Waals surface area (Å²) in [6.07, 6.45) is 1.93. The highest BCUT2D eigenvalue weighted by Crippen LogP contribution is 2.05. The van der Waals surface area contributed by atoms with Gasteiger partial charge in [-0.2, -0.15) is 0 Å². The minimum atomic E-state index is -1.28. The number of carbonyl (C=O) groups excluding carboxylic acids is 1. The fraction of sp³-hybridized carbons (Fsp3) is 0.636. The van der Waals surface area contributed by atoms with Gasteiger partial charge in [0.05, 0.1) is 0 Å². The Bertz CT molecular complexity index is 270. The molecule has 1 atom stereocenters. The lowest BCUT2D eigenvalue weighted by Gasteiger charge is -2.12. The molecule has 92 valence electrons. The summed E-state index contributed by atoms with van der Waals surface area (Å²) in [6, 6.07) is 0. The van der Waals surface area contributed by atoms with Crippen molar-refractivity contribution < 1.29 is 24.2 Å². The van der Waals surface area contributed by atoms with E-state index in [1.54, 1.807) is 13.8 Å². The van der Waals surface area contributed by atoms with Crippen LogP contribution in [0.15, 0.2) is 11.6 Å². The molecular formula is C11H18O5. The molecule has 0 radical (unpaired) electrons. The van der Waals surface area contributed by atoms with Gasteiger partial charge in [-0.1, -0.05) is 19.4 Å². The van der Waals surface area contributed by atoms with Crippen molar-refractivity contribution in [1.29, 1.82) is 0 Å². The van der Waals surface area contributed by atoms with Gasteiger partial charge in [0.25, 0.3) is 0 Å². The summed E-state index contributed by atoms with van der Waals surface area (Å²) in [7, 11) is 0. The van der Waals surface area contributed by atoms with Crippen molar-refractivity contribution in [2.24, 2.45) is 0 Å². The summed E-state index contributed by atoms with van der Waals surface area (Å²) in [6.45, 7) is 5.59. The van der Waals surface area contributed by atoms with E-state index in [-0.39, 0.29) is 5.57 Å². The normalized spacial score (nSPS) is 13.3. The number of allylic oxidation sites excluding steroid dienone is 1. The molecule has 0 amide bonds. The Balaban J connectivity index is 4.45. The van der Waals surface area contributed by atoms with Crippen LogP contribution in [0.1, 0.15) is 33.6 Å². The van der Waals surface area contributed by atoms with Crippen LogP contribution >= 0.6 is 0 Å². The molecule has 0 saturated heterocycles. The maximum atomic E-state index is 11.4. The van der Waals surface area contributed by atoms with Gasteiger partial charge in [0.2, 0.25) is 0 Å². The molecule has 0 aromatic carbocycles. The summed E-state index contributed by atoms with van der Waals surface area (Å²) < 4.78 is 9.78. The summed E-state index contributed by atoms with van der Waals surface area (Å²) in [4.78, 5) is 22.2. The van der Waals surface area contributed by atoms with Crippen molar-refractivity contribution in [3.05, 3.63) is 11.6 Å². The topological polar surface area (TPSA) is 72.8 Å². The van der Waals surface area contributed by atoms with Crippen LogP contribution in [-0.2, 0) is 19.1 Å². The first kappa shape index (κ1) is 14.6. The monoisotopic (exact) mass is 230 g/mol. The molecule has 1 N–H and O–H groups in total. The van der Waals surface area contributed by atoms with E-state index in [0.717, 1.165) is 6.42 Å². The molecule has 16 heavy (non-hydrogen) atoms. The van der Waals surface area contributed by atoms with Gasteiger partial charge in [-0.3, -0.25) is 0 Å². The summed E-state index contributed by atoms with van der Waals surface area (Å²) >= 11 is 0. The highest BCUT2D eigenvalue weighted by molar-refractivity contribution is 6.13. The van der Waals surface area contributed by atoms with E-state index in [1.807, 2.05) is 6.92 Å². The predicted molar refractivity (Wildman–Crippen MR) is 57.8 cm³/mol. The van der Waals surface area contributed by atoms with Crippen LogP contribution in [0.3, 0.4) is 0 Å². The van der Waals surface area contributed by atoms with Gasteiger partial charge in [0.15, 0.2) is 6.29 Å². The minimum absolute atomic E-state index is 0.339. The summed E-state index contributed by atoms with van der Waals surface area (Å²) in [5, 5.41) is 8.80. The molecule has 5 nitrogen and oxygen atoms in total. The number of ether oxygens (including phenoxy) is 2. The maximum Gasteiger partial charge on any atom is 0.347 e. The number of hydrogen-bond donors (Lipinski definition) is 1. The number of carboxylic acid groups (broad SMARTS) is 1. The third-order valence-corrected chi connectivity index (χ3v) is 1.76. The lowest BCUT2D eigenvalue weighted by atomic mass is 10.2. The van der Waals surface area contributed by atoms with E-state index in [1.165, 1.54) is 6.08 Å². The number of hydrogen-bond acceptors (Lipinski definition) is 4. The molecule has 0 bridgehead atoms. The van der Waals surface area contributed by atoms with E-state index in [0.29, 0.717) is 13.0 Å². The molecule has 0 aliphatic heterocycles. The Labute approximate surface area is 95.0 Å². The first-order chi connectivity index (χ1) is 7.52. The Morgan fingerprint density at radius 3 is 2.44 bits per heavy atom. The van der Waals surface area contributed by atoms with E-state index < -0.39 is 18.2 Å². The molecule has 0 aliphatic rings. The van der Waals surface area contributed by atoms with Gasteiger partial charge >= 0.3 is 11.9 Å². The summed E-state index contributed by atoms with van der Waals surface area (Å²) in [5.41, 5.74) is -0.339. The van der Waals surface area contributed by atoms with E-state index in [9.17, 15) is 9.59 Å². The number of carbonyl (C=O) groups is 2. The fourth-order valence-corrected chi connectivity index (χ4v) is 1.03. The lowest BCUT2D eigenvalue weighted by molar-refractivity contribution is -0.170. The van der Waals surface area contributed by atoms with Crippen LogP contribution in [0.2, 0.25) is 0 Å². The largest absolute Gasteiger partial charge is 0.477 e. The fourth-order valence-electron chi connectivity index (χ4n) is 1.03. The second-order valence-electron chi connectivity index (χ2n) is 3.14. The number of aliphatic carboxylic acids is 1. The minimum Gasteiger partial charge on any atom is -0.477 e. The molecule has 0 saturated carbocycles. The average molecular weight is 230 g/mol. The molecule has 0 rings (SSSR count). The second-order valence-corrected chi connectivity index (χ2v) is 3.14. The summed E-state index contributed by atoms with van der Waals surface area (Å²) in [5.74, 6) is -2.14. The van der Waals surface area contributed by atoms with E-state index in [4.69, 9.17) is 14.6 Å². The van der Waals surface area contributed by atoms with Crippen molar-refractivity contribution in [3.8, 4) is 0 Å². The highest BCUT2D eigenvalue weighted by atomic mass is 16.7. The smallest absolute Gasteiger partial charge is 0.347 e. The third-order valence-electron chi connectivity index (χ3n) is 1.76. The number of unbranched alkanes of at least 4 members (excludes halogenated alkanes) is 1. The SMILES string of the molecule is CCCC=C(C(=O)O)C(=O)OC(C)OCC. The van der Waals surface area contributed by atoms with Crippen molar-refractivity contribution >= 4 is 11.9 Å². The zero-order valence-corrected chi connectivity index (χ0v) is 9.86. The highest BCUT2D eigenvalue weighted by Gasteiger charge is 2.20. The van der Waals surface area contributed by atoms with Gasteiger partial charge in [-0.05, 0) is 20.3 Å². The Hall–Kier alpha value is -1.36. The van der Waals surface area contributed by atoms with Gasteiger partial charge in [-0.15, -0.1) is 0 Å². The first-order valence-corrected chi connectivity index (χ1v) is 5.28. The van der Waals surface area contributed by atoms with Crippen molar-refractivity contribution in [1.82, 2.24) is 0 Å². The lowest BCUT2D eigenvalue weighted by Crippen LogP contribution is -2.22. The molecule has 0 aliphatic carbocycles. The van der Waals surface area contributed by atoms with Crippen LogP contribution in [0.25, 0.3) is 0 Å². The van der Waals surface area contributed by atoms with Crippen LogP contribution in [-0.4, -0.2) is 29.9 Å². The van der Waals surface area contributed by atoms with E-state index in [2.05, 4.69) is 0 Å². The van der Waals surface area contributed by atoms with E-state index >= 15 is 0 Å². The van der Waals surface area contributed by atoms with Crippen LogP contribution in [0, 0.1) is 0 Å². The third kappa shape index (κ3) is 5.50. The molecule has 0 aromatic heterocycles. The zero-order chi connectivity index (χ0) is 12.6. The molecule has 5 heteroatoms. The van der Waals surface area contributed by atoms with Crippen LogP contribution < -0.4 is 0 Å². The van der Waals surface area contributed by atoms with Crippen molar-refractivity contribution in [3.63, 3.8) is 0 Å². The maximum absolute atomic E-state index is 11.4. The van der Waals surface area contributed by atoms with Gasteiger partial charge in [0.1, 0.15) is 5.57 Å². The first-order valence-electron chi connectivity index (χ1n) is 5.28. The molecule has 0 spiro atoms. The molecule has 0 heterocycles. The molecule has 0 aromatic rings. The van der Waals surface area contributed by atoms with Crippen LogP contribution in [0.5, 0.6) is 0 Å². The number of esters is 1. The molecule has 1 unspecified atom stereocenters. The number of carboxylic acids is 1. The second kappa shape index (κ2) is 7.87.